The van der Waals surface area contributed by atoms with E-state index < -0.39 is 0 Å². The molecule has 4 heteroatoms. The van der Waals surface area contributed by atoms with Crippen LogP contribution in [0.25, 0.3) is 0 Å². The highest BCUT2D eigenvalue weighted by Crippen LogP contribution is 2.10. The molecule has 0 amide bonds. The second-order valence-corrected chi connectivity index (χ2v) is 3.69. The highest BCUT2D eigenvalue weighted by atomic mass is 15.2. The molecule has 1 fully saturated rings. The van der Waals surface area contributed by atoms with Crippen LogP contribution in [0.5, 0.6) is 0 Å². The Morgan fingerprint density at radius 3 is 3.00 bits per heavy atom. The lowest BCUT2D eigenvalue weighted by Gasteiger charge is -2.17. The zero-order valence-electron chi connectivity index (χ0n) is 8.32. The minimum absolute atomic E-state index is 0.815. The van der Waals surface area contributed by atoms with Crippen molar-refractivity contribution in [2.45, 2.75) is 25.8 Å². The number of aromatic nitrogens is 2. The van der Waals surface area contributed by atoms with Crippen LogP contribution in [0, 0.1) is 5.41 Å². The maximum Gasteiger partial charge on any atom is 0.0958 e. The normalized spacial score (nSPS) is 16.6. The van der Waals surface area contributed by atoms with Crippen LogP contribution in [0.4, 0.5) is 0 Å². The molecule has 1 aliphatic rings. The fourth-order valence-electron chi connectivity index (χ4n) is 1.84. The molecule has 2 heterocycles. The minimum Gasteiger partial charge on any atom is -0.360 e. The third-order valence-electron chi connectivity index (χ3n) is 2.63. The van der Waals surface area contributed by atoms with E-state index >= 15 is 0 Å². The first-order valence-corrected chi connectivity index (χ1v) is 5.14. The first-order chi connectivity index (χ1) is 6.86. The van der Waals surface area contributed by atoms with E-state index in [0.29, 0.717) is 0 Å². The molecule has 0 saturated carbocycles. The highest BCUT2D eigenvalue weighted by molar-refractivity contribution is 5.80. The molecule has 76 valence electrons. The number of amidine groups is 1. The Balaban J connectivity index is 1.70. The van der Waals surface area contributed by atoms with E-state index in [1.54, 1.807) is 6.20 Å². The van der Waals surface area contributed by atoms with Crippen molar-refractivity contribution in [3.63, 3.8) is 0 Å². The van der Waals surface area contributed by atoms with Gasteiger partial charge in [0.05, 0.1) is 12.2 Å². The van der Waals surface area contributed by atoms with Gasteiger partial charge in [0.2, 0.25) is 0 Å². The minimum atomic E-state index is 0.815. The van der Waals surface area contributed by atoms with Gasteiger partial charge in [-0.3, -0.25) is 5.41 Å². The number of nitrogens with one attached hydrogen (secondary N) is 1. The fraction of sp³-hybridized carbons (Fsp3) is 0.600. The summed E-state index contributed by atoms with van der Waals surface area (Å²) in [5.41, 5.74) is 0. The Morgan fingerprint density at radius 1 is 1.43 bits per heavy atom. The quantitative estimate of drug-likeness (QED) is 0.782. The third-order valence-corrected chi connectivity index (χ3v) is 2.63. The number of rotatable bonds is 4. The zero-order chi connectivity index (χ0) is 9.80. The average Bonchev–Trinajstić information content (AvgIpc) is 2.78. The summed E-state index contributed by atoms with van der Waals surface area (Å²) in [6, 6.07) is 0. The first-order valence-electron chi connectivity index (χ1n) is 5.14. The largest absolute Gasteiger partial charge is 0.360 e. The van der Waals surface area contributed by atoms with Crippen molar-refractivity contribution in [1.29, 1.82) is 5.41 Å². The van der Waals surface area contributed by atoms with E-state index in [2.05, 4.69) is 14.5 Å². The summed E-state index contributed by atoms with van der Waals surface area (Å²) in [6.07, 6.45) is 8.84. The molecule has 0 radical (unpaired) electrons. The van der Waals surface area contributed by atoms with Crippen LogP contribution in [0.1, 0.15) is 19.3 Å². The van der Waals surface area contributed by atoms with E-state index in [9.17, 15) is 0 Å². The summed E-state index contributed by atoms with van der Waals surface area (Å²) in [5.74, 6) is 0.815. The van der Waals surface area contributed by atoms with Crippen LogP contribution in [-0.4, -0.2) is 33.4 Å². The topological polar surface area (TPSA) is 44.9 Å². The monoisotopic (exact) mass is 192 g/mol. The van der Waals surface area contributed by atoms with Crippen molar-refractivity contribution < 1.29 is 0 Å². The van der Waals surface area contributed by atoms with E-state index in [-0.39, 0.29) is 0 Å². The Morgan fingerprint density at radius 2 is 2.36 bits per heavy atom. The van der Waals surface area contributed by atoms with Crippen LogP contribution in [0.3, 0.4) is 0 Å². The Bertz CT molecular complexity index is 291. The molecule has 0 bridgehead atoms. The Hall–Kier alpha value is -1.32. The molecule has 1 aliphatic heterocycles. The molecule has 14 heavy (non-hydrogen) atoms. The molecule has 1 saturated heterocycles. The highest BCUT2D eigenvalue weighted by Gasteiger charge is 2.15. The van der Waals surface area contributed by atoms with Gasteiger partial charge in [-0.1, -0.05) is 0 Å². The molecule has 0 aromatic carbocycles. The summed E-state index contributed by atoms with van der Waals surface area (Å²) in [4.78, 5) is 6.17. The van der Waals surface area contributed by atoms with E-state index in [1.807, 2.05) is 12.5 Å². The van der Waals surface area contributed by atoms with Gasteiger partial charge in [0.25, 0.3) is 0 Å². The number of aryl methyl sites for hydroxylation is 1. The summed E-state index contributed by atoms with van der Waals surface area (Å²) in [7, 11) is 0. The SMILES string of the molecule is N=C1CCCN1CCCn1ccnc1. The Labute approximate surface area is 84.1 Å². The molecule has 0 spiro atoms. The standard InChI is InChI=1S/C10H16N4/c11-10-3-1-6-14(10)7-2-5-13-8-4-12-9-13/h4,8-9,11H,1-3,5-7H2. The van der Waals surface area contributed by atoms with E-state index in [1.165, 1.54) is 0 Å². The lowest BCUT2D eigenvalue weighted by atomic mass is 10.4. The van der Waals surface area contributed by atoms with Crippen LogP contribution in [0.2, 0.25) is 0 Å². The molecular formula is C10H16N4. The van der Waals surface area contributed by atoms with Gasteiger partial charge in [-0.25, -0.2) is 4.98 Å². The van der Waals surface area contributed by atoms with Crippen molar-refractivity contribution in [3.8, 4) is 0 Å². The van der Waals surface area contributed by atoms with Gasteiger partial charge in [0.15, 0.2) is 0 Å². The van der Waals surface area contributed by atoms with Crippen LogP contribution in [0.15, 0.2) is 18.7 Å². The number of nitrogens with zero attached hydrogens (tertiary/aromatic N) is 3. The lowest BCUT2D eigenvalue weighted by molar-refractivity contribution is 0.423. The molecule has 0 aliphatic carbocycles. The summed E-state index contributed by atoms with van der Waals surface area (Å²) >= 11 is 0. The van der Waals surface area contributed by atoms with Gasteiger partial charge in [0.1, 0.15) is 0 Å². The summed E-state index contributed by atoms with van der Waals surface area (Å²) in [5, 5.41) is 7.67. The molecule has 0 unspecified atom stereocenters. The van der Waals surface area contributed by atoms with E-state index in [0.717, 1.165) is 44.7 Å². The first kappa shape index (κ1) is 9.24. The van der Waals surface area contributed by atoms with Crippen molar-refractivity contribution in [2.75, 3.05) is 13.1 Å². The molecular weight excluding hydrogens is 176 g/mol. The summed E-state index contributed by atoms with van der Waals surface area (Å²) < 4.78 is 2.08. The molecule has 4 nitrogen and oxygen atoms in total. The number of hydrogen-bond acceptors (Lipinski definition) is 2. The van der Waals surface area contributed by atoms with Gasteiger partial charge in [-0.15, -0.1) is 0 Å². The number of hydrogen-bond donors (Lipinski definition) is 1. The van der Waals surface area contributed by atoms with Crippen molar-refractivity contribution in [2.24, 2.45) is 0 Å². The fourth-order valence-corrected chi connectivity index (χ4v) is 1.84. The van der Waals surface area contributed by atoms with Gasteiger partial charge < -0.3 is 9.47 Å². The van der Waals surface area contributed by atoms with Crippen LogP contribution >= 0.6 is 0 Å². The van der Waals surface area contributed by atoms with Crippen molar-refractivity contribution in [3.05, 3.63) is 18.7 Å². The summed E-state index contributed by atoms with van der Waals surface area (Å²) in [6.45, 7) is 3.09. The third kappa shape index (κ3) is 2.13. The predicted molar refractivity (Wildman–Crippen MR) is 55.4 cm³/mol. The van der Waals surface area contributed by atoms with Crippen LogP contribution < -0.4 is 0 Å². The second kappa shape index (κ2) is 4.26. The second-order valence-electron chi connectivity index (χ2n) is 3.69. The lowest BCUT2D eigenvalue weighted by Crippen LogP contribution is -2.25. The predicted octanol–water partition coefficient (Wildman–Crippen LogP) is 1.35. The molecule has 1 aromatic heterocycles. The number of imidazole rings is 1. The van der Waals surface area contributed by atoms with Gasteiger partial charge in [-0.2, -0.15) is 0 Å². The average molecular weight is 192 g/mol. The molecule has 1 aromatic rings. The molecule has 0 atom stereocenters. The number of likely N-dealkylation sites (tertiary alicyclic amines) is 1. The maximum atomic E-state index is 7.67. The molecule has 2 rings (SSSR count). The zero-order valence-corrected chi connectivity index (χ0v) is 8.32. The molecule has 1 N–H and O–H groups in total. The van der Waals surface area contributed by atoms with Gasteiger partial charge in [-0.05, 0) is 12.8 Å². The van der Waals surface area contributed by atoms with Crippen molar-refractivity contribution >= 4 is 5.84 Å². The Kier molecular flexibility index (Phi) is 2.81. The van der Waals surface area contributed by atoms with Crippen LogP contribution in [-0.2, 0) is 6.54 Å². The maximum absolute atomic E-state index is 7.67. The smallest absolute Gasteiger partial charge is 0.0958 e. The van der Waals surface area contributed by atoms with Gasteiger partial charge >= 0.3 is 0 Å². The van der Waals surface area contributed by atoms with E-state index in [4.69, 9.17) is 5.41 Å². The van der Waals surface area contributed by atoms with Crippen molar-refractivity contribution in [1.82, 2.24) is 14.5 Å². The van der Waals surface area contributed by atoms with Gasteiger partial charge in [0, 0.05) is 38.4 Å².